The maximum Gasteiger partial charge on any atom is 0.319 e. The zero-order chi connectivity index (χ0) is 15.2. The largest absolute Gasteiger partial charge is 0.468 e. The summed E-state index contributed by atoms with van der Waals surface area (Å²) in [6, 6.07) is 7.87. The highest BCUT2D eigenvalue weighted by atomic mass is 16.5. The summed E-state index contributed by atoms with van der Waals surface area (Å²) in [5.74, 6) is 0.690. The summed E-state index contributed by atoms with van der Waals surface area (Å²) in [5.41, 5.74) is 2.03. The van der Waals surface area contributed by atoms with Crippen molar-refractivity contribution in [2.75, 3.05) is 20.2 Å². The van der Waals surface area contributed by atoms with Crippen molar-refractivity contribution >= 4 is 5.97 Å². The second kappa shape index (κ2) is 6.99. The molecule has 1 aromatic carbocycles. The first kappa shape index (κ1) is 15.2. The molecule has 0 unspecified atom stereocenters. The summed E-state index contributed by atoms with van der Waals surface area (Å²) in [4.78, 5) is 13.2. The van der Waals surface area contributed by atoms with Gasteiger partial charge in [-0.25, -0.2) is 0 Å². The molecular formula is C15H19N3O3. The van der Waals surface area contributed by atoms with Gasteiger partial charge in [0.1, 0.15) is 0 Å². The number of hydrogen-bond donors (Lipinski definition) is 0. The topological polar surface area (TPSA) is 68.5 Å². The third-order valence-corrected chi connectivity index (χ3v) is 3.12. The molecule has 0 atom stereocenters. The third kappa shape index (κ3) is 4.13. The Balaban J connectivity index is 2.07. The molecule has 0 radical (unpaired) electrons. The van der Waals surface area contributed by atoms with Crippen LogP contribution in [0.25, 0.3) is 11.5 Å². The summed E-state index contributed by atoms with van der Waals surface area (Å²) < 4.78 is 10.3. The average Bonchev–Trinajstić information content (AvgIpc) is 2.95. The monoisotopic (exact) mass is 289 g/mol. The van der Waals surface area contributed by atoms with Gasteiger partial charge in [0, 0.05) is 5.56 Å². The predicted octanol–water partition coefficient (Wildman–Crippen LogP) is 2.04. The van der Waals surface area contributed by atoms with Crippen LogP contribution in [0.1, 0.15) is 18.4 Å². The van der Waals surface area contributed by atoms with Crippen molar-refractivity contribution in [1.82, 2.24) is 15.1 Å². The first-order valence-electron chi connectivity index (χ1n) is 6.81. The Labute approximate surface area is 123 Å². The Kier molecular flexibility index (Phi) is 5.05. The van der Waals surface area contributed by atoms with E-state index < -0.39 is 0 Å². The van der Waals surface area contributed by atoms with Crippen molar-refractivity contribution in [2.45, 2.75) is 20.4 Å². The molecule has 0 saturated carbocycles. The molecule has 21 heavy (non-hydrogen) atoms. The van der Waals surface area contributed by atoms with E-state index in [1.54, 1.807) is 0 Å². The number of carbonyl (C=O) groups excluding carboxylic acids is 1. The first-order valence-corrected chi connectivity index (χ1v) is 6.81. The quantitative estimate of drug-likeness (QED) is 0.758. The number of methoxy groups -OCH3 is 1. The van der Waals surface area contributed by atoms with Gasteiger partial charge in [-0.2, -0.15) is 0 Å². The van der Waals surface area contributed by atoms with Gasteiger partial charge >= 0.3 is 5.97 Å². The van der Waals surface area contributed by atoms with Crippen LogP contribution in [0.3, 0.4) is 0 Å². The zero-order valence-corrected chi connectivity index (χ0v) is 12.5. The molecule has 1 heterocycles. The van der Waals surface area contributed by atoms with Crippen molar-refractivity contribution < 1.29 is 13.9 Å². The van der Waals surface area contributed by atoms with E-state index >= 15 is 0 Å². The number of carbonyl (C=O) groups is 1. The molecule has 6 nitrogen and oxygen atoms in total. The predicted molar refractivity (Wildman–Crippen MR) is 77.4 cm³/mol. The fourth-order valence-corrected chi connectivity index (χ4v) is 1.93. The highest BCUT2D eigenvalue weighted by Gasteiger charge is 2.14. The number of aryl methyl sites for hydroxylation is 1. The van der Waals surface area contributed by atoms with Gasteiger partial charge in [-0.3, -0.25) is 9.69 Å². The number of ether oxygens (including phenoxy) is 1. The molecule has 0 aliphatic heterocycles. The van der Waals surface area contributed by atoms with E-state index in [4.69, 9.17) is 4.42 Å². The van der Waals surface area contributed by atoms with Crippen LogP contribution < -0.4 is 0 Å². The molecule has 0 saturated heterocycles. The van der Waals surface area contributed by atoms with E-state index in [9.17, 15) is 4.79 Å². The van der Waals surface area contributed by atoms with Crippen molar-refractivity contribution in [3.63, 3.8) is 0 Å². The lowest BCUT2D eigenvalue weighted by atomic mass is 10.1. The molecule has 0 aliphatic rings. The Bertz CT molecular complexity index is 610. The molecule has 1 aromatic heterocycles. The molecule has 0 fully saturated rings. The molecule has 0 aliphatic carbocycles. The molecule has 0 spiro atoms. The summed E-state index contributed by atoms with van der Waals surface area (Å²) in [6.07, 6.45) is 0. The van der Waals surface area contributed by atoms with Crippen LogP contribution in [-0.2, 0) is 16.1 Å². The van der Waals surface area contributed by atoms with Gasteiger partial charge < -0.3 is 9.15 Å². The van der Waals surface area contributed by atoms with Crippen molar-refractivity contribution in [3.8, 4) is 11.5 Å². The van der Waals surface area contributed by atoms with Gasteiger partial charge in [-0.1, -0.05) is 24.6 Å². The molecule has 0 bridgehead atoms. The Morgan fingerprint density at radius 3 is 2.86 bits per heavy atom. The minimum atomic E-state index is -0.282. The van der Waals surface area contributed by atoms with Crippen LogP contribution in [0.15, 0.2) is 28.7 Å². The van der Waals surface area contributed by atoms with E-state index in [1.165, 1.54) is 7.11 Å². The standard InChI is InChI=1S/C15H19N3O3/c1-4-18(10-14(19)20-3)9-13-16-17-15(21-13)12-7-5-6-11(2)8-12/h5-8H,4,9-10H2,1-3H3. The first-order chi connectivity index (χ1) is 10.1. The van der Waals surface area contributed by atoms with Gasteiger partial charge in [0.25, 0.3) is 0 Å². The van der Waals surface area contributed by atoms with Crippen molar-refractivity contribution in [2.24, 2.45) is 0 Å². The molecule has 2 rings (SSSR count). The summed E-state index contributed by atoms with van der Waals surface area (Å²) in [5, 5.41) is 8.09. The SMILES string of the molecule is CCN(CC(=O)OC)Cc1nnc(-c2cccc(C)c2)o1. The van der Waals surface area contributed by atoms with Gasteiger partial charge in [-0.05, 0) is 25.6 Å². The Morgan fingerprint density at radius 2 is 2.19 bits per heavy atom. The average molecular weight is 289 g/mol. The second-order valence-corrected chi connectivity index (χ2v) is 4.75. The number of likely N-dealkylation sites (N-methyl/N-ethyl adjacent to an activating group) is 1. The van der Waals surface area contributed by atoms with E-state index in [1.807, 2.05) is 43.0 Å². The highest BCUT2D eigenvalue weighted by Crippen LogP contribution is 2.19. The number of rotatable bonds is 6. The van der Waals surface area contributed by atoms with Crippen molar-refractivity contribution in [3.05, 3.63) is 35.7 Å². The normalized spacial score (nSPS) is 10.9. The fourth-order valence-electron chi connectivity index (χ4n) is 1.93. The van der Waals surface area contributed by atoms with E-state index in [0.717, 1.165) is 11.1 Å². The second-order valence-electron chi connectivity index (χ2n) is 4.75. The summed E-state index contributed by atoms with van der Waals surface area (Å²) in [7, 11) is 1.37. The molecule has 6 heteroatoms. The molecule has 0 amide bonds. The smallest absolute Gasteiger partial charge is 0.319 e. The van der Waals surface area contributed by atoms with Gasteiger partial charge in [0.05, 0.1) is 20.2 Å². The Hall–Kier alpha value is -2.21. The van der Waals surface area contributed by atoms with Crippen LogP contribution in [0.5, 0.6) is 0 Å². The summed E-state index contributed by atoms with van der Waals surface area (Å²) in [6.45, 7) is 5.29. The van der Waals surface area contributed by atoms with Crippen LogP contribution in [0, 0.1) is 6.92 Å². The summed E-state index contributed by atoms with van der Waals surface area (Å²) >= 11 is 0. The van der Waals surface area contributed by atoms with Crippen LogP contribution in [0.4, 0.5) is 0 Å². The number of nitrogens with zero attached hydrogens (tertiary/aromatic N) is 3. The maximum absolute atomic E-state index is 11.3. The molecule has 112 valence electrons. The maximum atomic E-state index is 11.3. The van der Waals surface area contributed by atoms with Crippen LogP contribution in [0.2, 0.25) is 0 Å². The van der Waals surface area contributed by atoms with Crippen LogP contribution in [-0.4, -0.2) is 41.3 Å². The molecular weight excluding hydrogens is 270 g/mol. The van der Waals surface area contributed by atoms with E-state index in [-0.39, 0.29) is 12.5 Å². The van der Waals surface area contributed by atoms with Gasteiger partial charge in [0.2, 0.25) is 11.8 Å². The highest BCUT2D eigenvalue weighted by molar-refractivity contribution is 5.71. The lowest BCUT2D eigenvalue weighted by Gasteiger charge is -2.16. The minimum absolute atomic E-state index is 0.204. The van der Waals surface area contributed by atoms with E-state index in [0.29, 0.717) is 24.9 Å². The van der Waals surface area contributed by atoms with Gasteiger partial charge in [-0.15, -0.1) is 10.2 Å². The Morgan fingerprint density at radius 1 is 1.38 bits per heavy atom. The van der Waals surface area contributed by atoms with Gasteiger partial charge in [0.15, 0.2) is 0 Å². The lowest BCUT2D eigenvalue weighted by Crippen LogP contribution is -2.30. The number of aromatic nitrogens is 2. The van der Waals surface area contributed by atoms with Crippen LogP contribution >= 0.6 is 0 Å². The fraction of sp³-hybridized carbons (Fsp3) is 0.400. The number of benzene rings is 1. The van der Waals surface area contributed by atoms with E-state index in [2.05, 4.69) is 14.9 Å². The zero-order valence-electron chi connectivity index (χ0n) is 12.5. The molecule has 0 N–H and O–H groups in total. The van der Waals surface area contributed by atoms with Crippen molar-refractivity contribution in [1.29, 1.82) is 0 Å². The lowest BCUT2D eigenvalue weighted by molar-refractivity contribution is -0.142. The molecule has 2 aromatic rings. The minimum Gasteiger partial charge on any atom is -0.468 e. The third-order valence-electron chi connectivity index (χ3n) is 3.12. The number of hydrogen-bond acceptors (Lipinski definition) is 6. The number of esters is 1.